The molecule has 0 fully saturated rings. The van der Waals surface area contributed by atoms with Crippen LogP contribution in [-0.4, -0.2) is 33.4 Å². The molecule has 2 aromatic carbocycles. The van der Waals surface area contributed by atoms with E-state index in [2.05, 4.69) is 10.0 Å². The number of nitrogens with one attached hydrogen (secondary N) is 2. The van der Waals surface area contributed by atoms with Gasteiger partial charge in [0, 0.05) is 10.7 Å². The minimum atomic E-state index is -3.69. The molecule has 0 heterocycles. The summed E-state index contributed by atoms with van der Waals surface area (Å²) >= 11 is 5.77. The van der Waals surface area contributed by atoms with Crippen LogP contribution in [0.3, 0.4) is 0 Å². The van der Waals surface area contributed by atoms with E-state index < -0.39 is 28.0 Å². The molecule has 0 unspecified atom stereocenters. The molecule has 0 spiro atoms. The van der Waals surface area contributed by atoms with Crippen LogP contribution in [0.1, 0.15) is 17.3 Å². The first kappa shape index (κ1) is 19.9. The number of carbonyl (C=O) groups excluding carboxylic acids is 2. The number of halogens is 1. The van der Waals surface area contributed by atoms with Gasteiger partial charge in [0.05, 0.1) is 10.5 Å². The average molecular weight is 397 g/mol. The van der Waals surface area contributed by atoms with E-state index in [-0.39, 0.29) is 10.5 Å². The summed E-state index contributed by atoms with van der Waals surface area (Å²) in [6.45, 7) is 1.41. The molecule has 0 radical (unpaired) electrons. The standard InChI is InChI=1S/C17H17ClN2O5S/c1-11(16(21)20-14-8-6-13(18)7-9-14)25-17(22)12-4-3-5-15(10-12)26(23,24)19-2/h3-11,19H,1-2H3,(H,20,21)/t11-/m1/s1. The third-order valence-electron chi connectivity index (χ3n) is 3.41. The summed E-state index contributed by atoms with van der Waals surface area (Å²) < 4.78 is 30.9. The maximum Gasteiger partial charge on any atom is 0.338 e. The molecule has 7 nitrogen and oxygen atoms in total. The molecule has 0 aliphatic rings. The van der Waals surface area contributed by atoms with E-state index >= 15 is 0 Å². The van der Waals surface area contributed by atoms with Crippen LogP contribution in [0.15, 0.2) is 53.4 Å². The van der Waals surface area contributed by atoms with Gasteiger partial charge in [-0.15, -0.1) is 0 Å². The number of rotatable bonds is 6. The van der Waals surface area contributed by atoms with E-state index in [9.17, 15) is 18.0 Å². The number of carbonyl (C=O) groups is 2. The van der Waals surface area contributed by atoms with Crippen molar-refractivity contribution in [2.45, 2.75) is 17.9 Å². The molecule has 1 atom stereocenters. The Hall–Kier alpha value is -2.42. The Morgan fingerprint density at radius 2 is 1.77 bits per heavy atom. The Morgan fingerprint density at radius 3 is 2.38 bits per heavy atom. The van der Waals surface area contributed by atoms with Gasteiger partial charge in [-0.05, 0) is 56.4 Å². The van der Waals surface area contributed by atoms with E-state index in [4.69, 9.17) is 16.3 Å². The van der Waals surface area contributed by atoms with Gasteiger partial charge in [0.1, 0.15) is 0 Å². The van der Waals surface area contributed by atoms with Crippen molar-refractivity contribution < 1.29 is 22.7 Å². The summed E-state index contributed by atoms with van der Waals surface area (Å²) in [5.41, 5.74) is 0.525. The zero-order valence-electron chi connectivity index (χ0n) is 14.0. The molecule has 0 aliphatic heterocycles. The smallest absolute Gasteiger partial charge is 0.338 e. The van der Waals surface area contributed by atoms with Crippen molar-refractivity contribution in [2.75, 3.05) is 12.4 Å². The lowest BCUT2D eigenvalue weighted by Crippen LogP contribution is -2.30. The van der Waals surface area contributed by atoms with Crippen LogP contribution in [-0.2, 0) is 19.6 Å². The second-order valence-corrected chi connectivity index (χ2v) is 7.60. The van der Waals surface area contributed by atoms with Gasteiger partial charge in [-0.2, -0.15) is 0 Å². The van der Waals surface area contributed by atoms with Gasteiger partial charge in [0.15, 0.2) is 6.10 Å². The van der Waals surface area contributed by atoms with Crippen LogP contribution in [0.25, 0.3) is 0 Å². The van der Waals surface area contributed by atoms with Gasteiger partial charge in [0.25, 0.3) is 5.91 Å². The van der Waals surface area contributed by atoms with E-state index in [1.807, 2.05) is 0 Å². The first-order valence-electron chi connectivity index (χ1n) is 7.54. The summed E-state index contributed by atoms with van der Waals surface area (Å²) in [4.78, 5) is 24.2. The summed E-state index contributed by atoms with van der Waals surface area (Å²) in [6, 6.07) is 11.8. The first-order valence-corrected chi connectivity index (χ1v) is 9.40. The summed E-state index contributed by atoms with van der Waals surface area (Å²) in [5.74, 6) is -1.34. The predicted molar refractivity (Wildman–Crippen MR) is 97.6 cm³/mol. The molecule has 0 aromatic heterocycles. The highest BCUT2D eigenvalue weighted by atomic mass is 35.5. The van der Waals surface area contributed by atoms with Gasteiger partial charge in [-0.3, -0.25) is 4.79 Å². The van der Waals surface area contributed by atoms with Crippen molar-refractivity contribution in [3.05, 3.63) is 59.1 Å². The molecule has 9 heteroatoms. The summed E-state index contributed by atoms with van der Waals surface area (Å²) in [7, 11) is -2.42. The molecular weight excluding hydrogens is 380 g/mol. The van der Waals surface area contributed by atoms with Crippen molar-refractivity contribution in [3.63, 3.8) is 0 Å². The minimum Gasteiger partial charge on any atom is -0.449 e. The molecule has 0 bridgehead atoms. The van der Waals surface area contributed by atoms with Crippen LogP contribution in [0.5, 0.6) is 0 Å². The SMILES string of the molecule is CNS(=O)(=O)c1cccc(C(=O)O[C@H](C)C(=O)Nc2ccc(Cl)cc2)c1. The number of benzene rings is 2. The van der Waals surface area contributed by atoms with Gasteiger partial charge in [0.2, 0.25) is 10.0 Å². The normalized spacial score (nSPS) is 12.3. The summed E-state index contributed by atoms with van der Waals surface area (Å²) in [5, 5.41) is 3.12. The lowest BCUT2D eigenvalue weighted by molar-refractivity contribution is -0.123. The second-order valence-electron chi connectivity index (χ2n) is 5.28. The van der Waals surface area contributed by atoms with Crippen LogP contribution in [0.4, 0.5) is 5.69 Å². The number of sulfonamides is 1. The van der Waals surface area contributed by atoms with Crippen LogP contribution in [0.2, 0.25) is 5.02 Å². The fourth-order valence-electron chi connectivity index (χ4n) is 1.97. The monoisotopic (exact) mass is 396 g/mol. The Morgan fingerprint density at radius 1 is 1.12 bits per heavy atom. The minimum absolute atomic E-state index is 0.0208. The molecule has 0 saturated heterocycles. The Bertz CT molecular complexity index is 913. The van der Waals surface area contributed by atoms with Crippen LogP contribution < -0.4 is 10.0 Å². The van der Waals surface area contributed by atoms with Crippen molar-refractivity contribution in [3.8, 4) is 0 Å². The molecular formula is C17H17ClN2O5S. The zero-order valence-corrected chi connectivity index (χ0v) is 15.6. The van der Waals surface area contributed by atoms with Crippen LogP contribution >= 0.6 is 11.6 Å². The highest BCUT2D eigenvalue weighted by Gasteiger charge is 2.20. The topological polar surface area (TPSA) is 102 Å². The van der Waals surface area contributed by atoms with Gasteiger partial charge in [-0.25, -0.2) is 17.9 Å². The quantitative estimate of drug-likeness (QED) is 0.730. The lowest BCUT2D eigenvalue weighted by Gasteiger charge is -2.14. The second kappa shape index (κ2) is 8.31. The van der Waals surface area contributed by atoms with Crippen molar-refractivity contribution in [1.82, 2.24) is 4.72 Å². The third kappa shape index (κ3) is 5.04. The number of ether oxygens (including phenoxy) is 1. The Kier molecular flexibility index (Phi) is 6.36. The maximum atomic E-state index is 12.2. The fraction of sp³-hybridized carbons (Fsp3) is 0.176. The highest BCUT2D eigenvalue weighted by Crippen LogP contribution is 2.15. The number of amides is 1. The van der Waals surface area contributed by atoms with Crippen molar-refractivity contribution >= 4 is 39.2 Å². The molecule has 2 N–H and O–H groups in total. The fourth-order valence-corrected chi connectivity index (χ4v) is 2.87. The molecule has 2 aromatic rings. The van der Waals surface area contributed by atoms with E-state index in [0.717, 1.165) is 0 Å². The molecule has 26 heavy (non-hydrogen) atoms. The van der Waals surface area contributed by atoms with Gasteiger partial charge in [-0.1, -0.05) is 17.7 Å². The molecule has 138 valence electrons. The maximum absolute atomic E-state index is 12.2. The van der Waals surface area contributed by atoms with E-state index in [1.165, 1.54) is 38.2 Å². The number of hydrogen-bond donors (Lipinski definition) is 2. The number of hydrogen-bond acceptors (Lipinski definition) is 5. The van der Waals surface area contributed by atoms with Crippen molar-refractivity contribution in [2.24, 2.45) is 0 Å². The van der Waals surface area contributed by atoms with E-state index in [0.29, 0.717) is 10.7 Å². The average Bonchev–Trinajstić information content (AvgIpc) is 2.63. The lowest BCUT2D eigenvalue weighted by atomic mass is 10.2. The predicted octanol–water partition coefficient (Wildman–Crippen LogP) is 2.43. The number of esters is 1. The Labute approximate surface area is 156 Å². The largest absolute Gasteiger partial charge is 0.449 e. The molecule has 0 saturated carbocycles. The van der Waals surface area contributed by atoms with Crippen LogP contribution in [0, 0.1) is 0 Å². The molecule has 2 rings (SSSR count). The van der Waals surface area contributed by atoms with Crippen molar-refractivity contribution in [1.29, 1.82) is 0 Å². The van der Waals surface area contributed by atoms with E-state index in [1.54, 1.807) is 24.3 Å². The number of anilines is 1. The van der Waals surface area contributed by atoms with Gasteiger partial charge >= 0.3 is 5.97 Å². The Balaban J connectivity index is 2.05. The third-order valence-corrected chi connectivity index (χ3v) is 5.08. The zero-order chi connectivity index (χ0) is 19.3. The highest BCUT2D eigenvalue weighted by molar-refractivity contribution is 7.89. The summed E-state index contributed by atoms with van der Waals surface area (Å²) in [6.07, 6.45) is -1.08. The molecule has 1 amide bonds. The molecule has 0 aliphatic carbocycles. The first-order chi connectivity index (χ1) is 12.2. The van der Waals surface area contributed by atoms with Gasteiger partial charge < -0.3 is 10.1 Å².